The molecule has 6 atom stereocenters. The Labute approximate surface area is 263 Å². The van der Waals surface area contributed by atoms with Crippen molar-refractivity contribution in [1.82, 2.24) is 4.90 Å². The summed E-state index contributed by atoms with van der Waals surface area (Å²) >= 11 is 6.32. The number of amides is 4. The second-order valence-electron chi connectivity index (χ2n) is 12.2. The normalized spacial score (nSPS) is 28.9. The van der Waals surface area contributed by atoms with Crippen molar-refractivity contribution in [2.24, 2.45) is 23.7 Å². The van der Waals surface area contributed by atoms with E-state index in [9.17, 15) is 29.4 Å². The molecule has 2 aliphatic carbocycles. The minimum absolute atomic E-state index is 0.0147. The molecule has 7 rings (SSSR count). The van der Waals surface area contributed by atoms with Gasteiger partial charge in [0.1, 0.15) is 5.75 Å². The molecule has 10 heteroatoms. The summed E-state index contributed by atoms with van der Waals surface area (Å²) in [7, 11) is 0. The van der Waals surface area contributed by atoms with Gasteiger partial charge in [-0.3, -0.25) is 28.9 Å². The fourth-order valence-electron chi connectivity index (χ4n) is 8.32. The van der Waals surface area contributed by atoms with Gasteiger partial charge in [-0.2, -0.15) is 0 Å². The zero-order chi connectivity index (χ0) is 31.6. The number of hydrogen-bond donors (Lipinski definition) is 2. The van der Waals surface area contributed by atoms with Crippen LogP contribution >= 0.6 is 11.6 Å². The van der Waals surface area contributed by atoms with Crippen molar-refractivity contribution in [3.8, 4) is 5.75 Å². The zero-order valence-corrected chi connectivity index (χ0v) is 24.8. The third-order valence-corrected chi connectivity index (χ3v) is 10.2. The highest BCUT2D eigenvalue weighted by Gasteiger charge is 2.70. The van der Waals surface area contributed by atoms with Crippen LogP contribution in [0.5, 0.6) is 5.75 Å². The lowest BCUT2D eigenvalue weighted by atomic mass is 9.49. The molecular weight excluding hydrogens is 596 g/mol. The van der Waals surface area contributed by atoms with Crippen molar-refractivity contribution in [2.75, 3.05) is 11.4 Å². The first-order valence-corrected chi connectivity index (χ1v) is 15.3. The van der Waals surface area contributed by atoms with Crippen LogP contribution in [0.3, 0.4) is 0 Å². The summed E-state index contributed by atoms with van der Waals surface area (Å²) in [5, 5.41) is 20.2. The van der Waals surface area contributed by atoms with Gasteiger partial charge in [-0.25, -0.2) is 4.90 Å². The van der Waals surface area contributed by atoms with Gasteiger partial charge in [-0.15, -0.1) is 0 Å². The molecule has 4 amide bonds. The molecule has 2 saturated heterocycles. The van der Waals surface area contributed by atoms with Gasteiger partial charge in [0.05, 0.1) is 35.3 Å². The number of carboxylic acid groups (broad SMARTS) is 1. The lowest BCUT2D eigenvalue weighted by molar-refractivity contribution is -0.142. The van der Waals surface area contributed by atoms with Crippen molar-refractivity contribution < 1.29 is 34.2 Å². The zero-order valence-electron chi connectivity index (χ0n) is 24.0. The SMILES string of the molecule is O=C(O)CCN1C(=O)[C@H]2[C@H](CC=C3[C@H]2C[C@H]2C(=O)N(c4cccc(Cl)c4)C(=O)[C@@]2(c2ccccc2)[C@H]3c2cccc(O)c2)C1=O. The number of likely N-dealkylation sites (tertiary alicyclic amines) is 1. The molecular formula is C35H29ClN2O7. The number of rotatable bonds is 6. The quantitative estimate of drug-likeness (QED) is 0.301. The minimum atomic E-state index is -1.43. The predicted octanol–water partition coefficient (Wildman–Crippen LogP) is 4.68. The maximum atomic E-state index is 15.1. The minimum Gasteiger partial charge on any atom is -0.508 e. The third kappa shape index (κ3) is 4.24. The largest absolute Gasteiger partial charge is 0.508 e. The smallest absolute Gasteiger partial charge is 0.305 e. The van der Waals surface area contributed by atoms with Crippen LogP contribution in [0.25, 0.3) is 0 Å². The standard InChI is InChI=1S/C35H29ClN2O7/c36-21-9-5-10-22(17-21)38-32(43)27-18-26-24(12-13-25-29(26)33(44)37(31(25)42)15-14-28(40)41)30(19-6-4-11-23(39)16-19)35(27,34(38)45)20-7-2-1-3-8-20/h1-12,16-17,25-27,29-30,39H,13-15,18H2,(H,40,41)/t25-,26+,27-,29-,30-,35+/m0/s1. The Balaban J connectivity index is 1.45. The summed E-state index contributed by atoms with van der Waals surface area (Å²) in [6, 6.07) is 22.3. The second kappa shape index (κ2) is 10.7. The van der Waals surface area contributed by atoms with E-state index in [2.05, 4.69) is 0 Å². The van der Waals surface area contributed by atoms with Gasteiger partial charge in [0.15, 0.2) is 0 Å². The molecule has 4 aliphatic rings. The van der Waals surface area contributed by atoms with E-state index in [1.165, 1.54) is 11.0 Å². The predicted molar refractivity (Wildman–Crippen MR) is 163 cm³/mol. The van der Waals surface area contributed by atoms with E-state index in [1.54, 1.807) is 36.4 Å². The first-order valence-electron chi connectivity index (χ1n) is 14.9. The van der Waals surface area contributed by atoms with Crippen LogP contribution in [0, 0.1) is 23.7 Å². The van der Waals surface area contributed by atoms with E-state index in [-0.39, 0.29) is 31.6 Å². The van der Waals surface area contributed by atoms with Gasteiger partial charge >= 0.3 is 5.97 Å². The highest BCUT2D eigenvalue weighted by molar-refractivity contribution is 6.32. The van der Waals surface area contributed by atoms with E-state index < -0.39 is 64.6 Å². The van der Waals surface area contributed by atoms with Crippen molar-refractivity contribution in [3.05, 3.63) is 107 Å². The molecule has 228 valence electrons. The van der Waals surface area contributed by atoms with Crippen LogP contribution in [0.15, 0.2) is 90.5 Å². The number of anilines is 1. The lowest BCUT2D eigenvalue weighted by Crippen LogP contribution is -2.53. The summed E-state index contributed by atoms with van der Waals surface area (Å²) in [5.74, 6) is -6.60. The molecule has 0 bridgehead atoms. The van der Waals surface area contributed by atoms with E-state index in [0.29, 0.717) is 21.8 Å². The fourth-order valence-corrected chi connectivity index (χ4v) is 8.50. The third-order valence-electron chi connectivity index (χ3n) is 10.0. The number of carbonyl (C=O) groups is 5. The van der Waals surface area contributed by atoms with Gasteiger partial charge in [0.25, 0.3) is 0 Å². The van der Waals surface area contributed by atoms with Gasteiger partial charge in [-0.05, 0) is 60.2 Å². The fraction of sp³-hybridized carbons (Fsp3) is 0.286. The van der Waals surface area contributed by atoms with Crippen LogP contribution < -0.4 is 4.90 Å². The molecule has 0 aromatic heterocycles. The van der Waals surface area contributed by atoms with Gasteiger partial charge in [-0.1, -0.05) is 71.8 Å². The second-order valence-corrected chi connectivity index (χ2v) is 12.6. The average molecular weight is 625 g/mol. The number of hydrogen-bond acceptors (Lipinski definition) is 6. The molecule has 0 radical (unpaired) electrons. The first kappa shape index (κ1) is 29.0. The lowest BCUT2D eigenvalue weighted by Gasteiger charge is -2.50. The number of aliphatic carboxylic acids is 1. The number of phenols is 1. The number of aromatic hydroxyl groups is 1. The maximum Gasteiger partial charge on any atom is 0.305 e. The maximum absolute atomic E-state index is 15.1. The van der Waals surface area contributed by atoms with Crippen molar-refractivity contribution in [2.45, 2.75) is 30.6 Å². The van der Waals surface area contributed by atoms with Crippen LogP contribution in [0.2, 0.25) is 5.02 Å². The summed E-state index contributed by atoms with van der Waals surface area (Å²) in [4.78, 5) is 70.5. The summed E-state index contributed by atoms with van der Waals surface area (Å²) in [6.07, 6.45) is 1.92. The van der Waals surface area contributed by atoms with Crippen LogP contribution in [0.1, 0.15) is 36.3 Å². The molecule has 1 saturated carbocycles. The summed E-state index contributed by atoms with van der Waals surface area (Å²) in [5.41, 5.74) is 0.894. The monoisotopic (exact) mass is 624 g/mol. The molecule has 0 unspecified atom stereocenters. The number of nitrogens with zero attached hydrogens (tertiary/aromatic N) is 2. The summed E-state index contributed by atoms with van der Waals surface area (Å²) in [6.45, 7) is -0.227. The van der Waals surface area contributed by atoms with Crippen LogP contribution in [-0.2, 0) is 29.4 Å². The van der Waals surface area contributed by atoms with Gasteiger partial charge in [0.2, 0.25) is 23.6 Å². The number of imide groups is 2. The average Bonchev–Trinajstić information content (AvgIpc) is 3.40. The molecule has 45 heavy (non-hydrogen) atoms. The van der Waals surface area contributed by atoms with E-state index in [0.717, 1.165) is 10.5 Å². The Kier molecular flexibility index (Phi) is 6.89. The Morgan fingerprint density at radius 2 is 1.64 bits per heavy atom. The number of phenolic OH excluding ortho intramolecular Hbond substituents is 1. The van der Waals surface area contributed by atoms with Crippen molar-refractivity contribution in [1.29, 1.82) is 0 Å². The number of halogens is 1. The molecule has 2 N–H and O–H groups in total. The molecule has 0 spiro atoms. The molecule has 3 aromatic carbocycles. The Morgan fingerprint density at radius 3 is 2.36 bits per heavy atom. The number of benzene rings is 3. The molecule has 9 nitrogen and oxygen atoms in total. The molecule has 3 fully saturated rings. The number of carboxylic acids is 1. The van der Waals surface area contributed by atoms with E-state index in [4.69, 9.17) is 11.6 Å². The molecule has 2 heterocycles. The van der Waals surface area contributed by atoms with E-state index in [1.807, 2.05) is 42.5 Å². The van der Waals surface area contributed by atoms with Gasteiger partial charge in [0, 0.05) is 17.5 Å². The summed E-state index contributed by atoms with van der Waals surface area (Å²) < 4.78 is 0. The van der Waals surface area contributed by atoms with Crippen molar-refractivity contribution >= 4 is 46.9 Å². The Hall–Kier alpha value is -4.76. The highest BCUT2D eigenvalue weighted by Crippen LogP contribution is 2.64. The molecule has 3 aromatic rings. The highest BCUT2D eigenvalue weighted by atomic mass is 35.5. The van der Waals surface area contributed by atoms with Crippen molar-refractivity contribution in [3.63, 3.8) is 0 Å². The molecule has 2 aliphatic heterocycles. The Bertz CT molecular complexity index is 1810. The Morgan fingerprint density at radius 1 is 0.889 bits per heavy atom. The number of carbonyl (C=O) groups excluding carboxylic acids is 4. The first-order chi connectivity index (χ1) is 21.6. The van der Waals surface area contributed by atoms with E-state index >= 15 is 4.79 Å². The topological polar surface area (TPSA) is 132 Å². The number of allylic oxidation sites excluding steroid dienone is 2. The number of fused-ring (bicyclic) bond motifs is 4. The van der Waals surface area contributed by atoms with Crippen LogP contribution in [0.4, 0.5) is 5.69 Å². The van der Waals surface area contributed by atoms with Crippen LogP contribution in [-0.4, -0.2) is 51.3 Å². The van der Waals surface area contributed by atoms with Gasteiger partial charge < -0.3 is 10.2 Å².